The lowest BCUT2D eigenvalue weighted by molar-refractivity contribution is 0.0693. The van der Waals surface area contributed by atoms with E-state index >= 15 is 0 Å². The van der Waals surface area contributed by atoms with E-state index in [0.717, 1.165) is 10.5 Å². The van der Waals surface area contributed by atoms with Gasteiger partial charge in [-0.2, -0.15) is 0 Å². The first-order valence-corrected chi connectivity index (χ1v) is 4.56. The third-order valence-corrected chi connectivity index (χ3v) is 2.68. The van der Waals surface area contributed by atoms with Crippen LogP contribution in [0.15, 0.2) is 29.3 Å². The minimum atomic E-state index is -0.888. The van der Waals surface area contributed by atoms with Crippen molar-refractivity contribution in [3.05, 3.63) is 35.5 Å². The molecule has 0 spiro atoms. The molecule has 0 atom stereocenters. The highest BCUT2D eigenvalue weighted by molar-refractivity contribution is 7.97. The van der Waals surface area contributed by atoms with E-state index in [9.17, 15) is 4.79 Å². The van der Waals surface area contributed by atoms with E-state index in [1.807, 2.05) is 12.1 Å². The van der Waals surface area contributed by atoms with Crippen molar-refractivity contribution >= 4 is 24.0 Å². The van der Waals surface area contributed by atoms with Gasteiger partial charge in [0.1, 0.15) is 0 Å². The van der Waals surface area contributed by atoms with Crippen molar-refractivity contribution < 1.29 is 9.90 Å². The minimum Gasteiger partial charge on any atom is -0.478 e. The number of carboxylic acid groups (broad SMARTS) is 1. The first kappa shape index (κ1) is 8.19. The Morgan fingerprint density at radius 2 is 2.31 bits per heavy atom. The largest absolute Gasteiger partial charge is 0.478 e. The Kier molecular flexibility index (Phi) is 1.98. The molecular formula is C9H7NO2S. The van der Waals surface area contributed by atoms with Crippen molar-refractivity contribution in [1.82, 2.24) is 4.72 Å². The highest BCUT2D eigenvalue weighted by atomic mass is 32.2. The number of nitrogens with one attached hydrogen (secondary N) is 1. The van der Waals surface area contributed by atoms with E-state index in [2.05, 4.69) is 4.72 Å². The van der Waals surface area contributed by atoms with E-state index in [1.165, 1.54) is 11.9 Å². The van der Waals surface area contributed by atoms with Crippen molar-refractivity contribution in [3.8, 4) is 0 Å². The lowest BCUT2D eigenvalue weighted by atomic mass is 10.1. The normalized spacial score (nSPS) is 13.2. The summed E-state index contributed by atoms with van der Waals surface area (Å²) in [5, 5.41) is 8.88. The predicted molar refractivity (Wildman–Crippen MR) is 51.4 cm³/mol. The first-order valence-electron chi connectivity index (χ1n) is 3.74. The van der Waals surface area contributed by atoms with E-state index in [4.69, 9.17) is 5.11 Å². The lowest BCUT2D eigenvalue weighted by Crippen LogP contribution is -2.05. The zero-order chi connectivity index (χ0) is 9.26. The van der Waals surface area contributed by atoms with E-state index in [0.29, 0.717) is 5.56 Å². The molecule has 3 nitrogen and oxygen atoms in total. The van der Waals surface area contributed by atoms with Gasteiger partial charge < -0.3 is 9.83 Å². The Bertz CT molecular complexity index is 387. The summed E-state index contributed by atoms with van der Waals surface area (Å²) in [4.78, 5) is 11.6. The summed E-state index contributed by atoms with van der Waals surface area (Å²) in [5.74, 6) is -0.888. The molecule has 4 heteroatoms. The van der Waals surface area contributed by atoms with Crippen LogP contribution in [0.2, 0.25) is 0 Å². The van der Waals surface area contributed by atoms with Crippen LogP contribution in [0.4, 0.5) is 0 Å². The Balaban J connectivity index is 2.59. The van der Waals surface area contributed by atoms with Crippen molar-refractivity contribution in [2.45, 2.75) is 4.90 Å². The fourth-order valence-electron chi connectivity index (χ4n) is 1.19. The number of aromatic carboxylic acids is 1. The van der Waals surface area contributed by atoms with Gasteiger partial charge in [-0.15, -0.1) is 0 Å². The highest BCUT2D eigenvalue weighted by Crippen LogP contribution is 2.28. The molecule has 0 aliphatic carbocycles. The Morgan fingerprint density at radius 3 is 3.08 bits per heavy atom. The third-order valence-electron chi connectivity index (χ3n) is 1.77. The lowest BCUT2D eigenvalue weighted by Gasteiger charge is -2.12. The zero-order valence-electron chi connectivity index (χ0n) is 6.65. The van der Waals surface area contributed by atoms with Crippen LogP contribution in [0.1, 0.15) is 15.9 Å². The highest BCUT2D eigenvalue weighted by Gasteiger charge is 2.14. The van der Waals surface area contributed by atoms with Crippen LogP contribution in [0.3, 0.4) is 0 Å². The fraction of sp³-hybridized carbons (Fsp3) is 0. The van der Waals surface area contributed by atoms with Gasteiger partial charge in [0.15, 0.2) is 0 Å². The van der Waals surface area contributed by atoms with E-state index < -0.39 is 5.97 Å². The van der Waals surface area contributed by atoms with Gasteiger partial charge in [-0.3, -0.25) is 0 Å². The maximum atomic E-state index is 10.8. The summed E-state index contributed by atoms with van der Waals surface area (Å²) in [6.45, 7) is 0. The molecule has 0 bridgehead atoms. The standard InChI is InChI=1S/C9H7NO2S/c11-9(12)7-3-1-2-6-4-5-10-13-8(6)7/h1-5,10H,(H,11,12). The SMILES string of the molecule is O=C(O)c1cccc2c1SNC=C2. The Morgan fingerprint density at radius 1 is 1.46 bits per heavy atom. The molecule has 2 N–H and O–H groups in total. The second-order valence-electron chi connectivity index (χ2n) is 2.58. The van der Waals surface area contributed by atoms with Gasteiger partial charge in [0.2, 0.25) is 0 Å². The maximum absolute atomic E-state index is 10.8. The van der Waals surface area contributed by atoms with Crippen LogP contribution >= 0.6 is 11.9 Å². The summed E-state index contributed by atoms with van der Waals surface area (Å²) >= 11 is 1.33. The number of benzene rings is 1. The van der Waals surface area contributed by atoms with Crippen LogP contribution in [-0.4, -0.2) is 11.1 Å². The molecule has 0 aromatic heterocycles. The first-order chi connectivity index (χ1) is 6.29. The van der Waals surface area contributed by atoms with Crippen molar-refractivity contribution in [1.29, 1.82) is 0 Å². The van der Waals surface area contributed by atoms with Crippen molar-refractivity contribution in [2.75, 3.05) is 0 Å². The molecule has 1 aliphatic rings. The molecular weight excluding hydrogens is 186 g/mol. The fourth-order valence-corrected chi connectivity index (χ4v) is 1.96. The molecule has 2 rings (SSSR count). The van der Waals surface area contributed by atoms with Crippen molar-refractivity contribution in [2.24, 2.45) is 0 Å². The topological polar surface area (TPSA) is 49.3 Å². The van der Waals surface area contributed by atoms with Gasteiger partial charge in [-0.05, 0) is 29.7 Å². The van der Waals surface area contributed by atoms with Gasteiger partial charge in [0.25, 0.3) is 0 Å². The molecule has 66 valence electrons. The molecule has 0 unspecified atom stereocenters. The van der Waals surface area contributed by atoms with Gasteiger partial charge in [0, 0.05) is 6.20 Å². The quantitative estimate of drug-likeness (QED) is 0.669. The molecule has 13 heavy (non-hydrogen) atoms. The van der Waals surface area contributed by atoms with Crippen LogP contribution in [0.5, 0.6) is 0 Å². The summed E-state index contributed by atoms with van der Waals surface area (Å²) < 4.78 is 2.91. The van der Waals surface area contributed by atoms with E-state index in [1.54, 1.807) is 18.3 Å². The van der Waals surface area contributed by atoms with Crippen LogP contribution in [-0.2, 0) is 0 Å². The maximum Gasteiger partial charge on any atom is 0.336 e. The molecule has 1 aliphatic heterocycles. The average molecular weight is 193 g/mol. The van der Waals surface area contributed by atoms with Gasteiger partial charge >= 0.3 is 5.97 Å². The number of hydrogen-bond acceptors (Lipinski definition) is 3. The van der Waals surface area contributed by atoms with Gasteiger partial charge in [-0.1, -0.05) is 12.1 Å². The third kappa shape index (κ3) is 1.40. The van der Waals surface area contributed by atoms with Crippen LogP contribution in [0, 0.1) is 0 Å². The van der Waals surface area contributed by atoms with Gasteiger partial charge in [0.05, 0.1) is 10.5 Å². The molecule has 0 fully saturated rings. The molecule has 1 aromatic rings. The smallest absolute Gasteiger partial charge is 0.336 e. The second kappa shape index (κ2) is 3.14. The monoisotopic (exact) mass is 193 g/mol. The summed E-state index contributed by atoms with van der Waals surface area (Å²) in [7, 11) is 0. The van der Waals surface area contributed by atoms with Gasteiger partial charge in [-0.25, -0.2) is 4.79 Å². The minimum absolute atomic E-state index is 0.347. The van der Waals surface area contributed by atoms with E-state index in [-0.39, 0.29) is 0 Å². The Hall–Kier alpha value is -1.42. The molecule has 0 amide bonds. The molecule has 0 radical (unpaired) electrons. The average Bonchev–Trinajstić information content (AvgIpc) is 2.17. The number of carboxylic acids is 1. The number of hydrogen-bond donors (Lipinski definition) is 2. The Labute approximate surface area is 79.6 Å². The predicted octanol–water partition coefficient (Wildman–Crippen LogP) is 1.97. The van der Waals surface area contributed by atoms with Crippen LogP contribution in [0.25, 0.3) is 6.08 Å². The number of rotatable bonds is 1. The number of fused-ring (bicyclic) bond motifs is 1. The van der Waals surface area contributed by atoms with Crippen molar-refractivity contribution in [3.63, 3.8) is 0 Å². The summed E-state index contributed by atoms with van der Waals surface area (Å²) in [5.41, 5.74) is 1.29. The molecule has 0 saturated carbocycles. The van der Waals surface area contributed by atoms with Crippen LogP contribution < -0.4 is 4.72 Å². The zero-order valence-corrected chi connectivity index (χ0v) is 7.47. The summed E-state index contributed by atoms with van der Waals surface area (Å²) in [6.07, 6.45) is 3.65. The molecule has 1 aromatic carbocycles. The number of carbonyl (C=O) groups is 1. The molecule has 1 heterocycles. The molecule has 0 saturated heterocycles. The second-order valence-corrected chi connectivity index (χ2v) is 3.43. The summed E-state index contributed by atoms with van der Waals surface area (Å²) in [6, 6.07) is 5.25.